The van der Waals surface area contributed by atoms with Gasteiger partial charge >= 0.3 is 5.69 Å². The zero-order chi connectivity index (χ0) is 20.7. The molecule has 0 atom stereocenters. The topological polar surface area (TPSA) is 111 Å². The molecule has 4 rings (SSSR count). The van der Waals surface area contributed by atoms with Crippen molar-refractivity contribution in [2.24, 2.45) is 14.1 Å². The van der Waals surface area contributed by atoms with Gasteiger partial charge in [-0.3, -0.25) is 28.3 Å². The van der Waals surface area contributed by atoms with E-state index in [0.717, 1.165) is 10.4 Å². The van der Waals surface area contributed by atoms with Crippen LogP contribution in [0.4, 0.5) is 5.82 Å². The van der Waals surface area contributed by atoms with Crippen LogP contribution < -0.4 is 16.1 Å². The van der Waals surface area contributed by atoms with E-state index < -0.39 is 11.2 Å². The second-order valence-electron chi connectivity index (χ2n) is 6.78. The zero-order valence-electron chi connectivity index (χ0n) is 15.9. The molecule has 1 fully saturated rings. The highest BCUT2D eigenvalue weighted by molar-refractivity contribution is 6.29. The van der Waals surface area contributed by atoms with E-state index in [1.165, 1.54) is 23.2 Å². The lowest BCUT2D eigenvalue weighted by atomic mass is 10.3. The molecule has 1 aliphatic rings. The SMILES string of the molecule is Cn1c(=O)c2c(nc(Cl)n2CC(=O)N2CCN(c3cnccn3)CC2)n(C)c1=O. The Bertz CT molecular complexity index is 1190. The van der Waals surface area contributed by atoms with Gasteiger partial charge < -0.3 is 9.80 Å². The predicted molar refractivity (Wildman–Crippen MR) is 106 cm³/mol. The fourth-order valence-corrected chi connectivity index (χ4v) is 3.66. The zero-order valence-corrected chi connectivity index (χ0v) is 16.7. The smallest absolute Gasteiger partial charge is 0.332 e. The van der Waals surface area contributed by atoms with Crippen LogP contribution in [-0.4, -0.2) is 65.6 Å². The van der Waals surface area contributed by atoms with E-state index in [9.17, 15) is 14.4 Å². The maximum Gasteiger partial charge on any atom is 0.332 e. The number of aryl methyl sites for hydroxylation is 1. The van der Waals surface area contributed by atoms with Crippen molar-refractivity contribution in [2.75, 3.05) is 31.1 Å². The number of nitrogens with zero attached hydrogens (tertiary/aromatic N) is 8. The molecule has 0 saturated carbocycles. The summed E-state index contributed by atoms with van der Waals surface area (Å²) in [5.41, 5.74) is -0.757. The summed E-state index contributed by atoms with van der Waals surface area (Å²) in [6, 6.07) is 0. The number of carbonyl (C=O) groups is 1. The fraction of sp³-hybridized carbons (Fsp3) is 0.412. The third kappa shape index (κ3) is 3.27. The molecule has 1 saturated heterocycles. The molecule has 0 N–H and O–H groups in total. The molecule has 152 valence electrons. The third-order valence-electron chi connectivity index (χ3n) is 5.10. The van der Waals surface area contributed by atoms with Crippen molar-refractivity contribution in [3.8, 4) is 0 Å². The number of rotatable bonds is 3. The highest BCUT2D eigenvalue weighted by Gasteiger charge is 2.25. The molecule has 3 aromatic heterocycles. The summed E-state index contributed by atoms with van der Waals surface area (Å²) >= 11 is 6.20. The number of imidazole rings is 1. The molecule has 29 heavy (non-hydrogen) atoms. The van der Waals surface area contributed by atoms with Gasteiger partial charge in [0.1, 0.15) is 12.4 Å². The average Bonchev–Trinajstić information content (AvgIpc) is 3.07. The first-order valence-corrected chi connectivity index (χ1v) is 9.36. The third-order valence-corrected chi connectivity index (χ3v) is 5.39. The van der Waals surface area contributed by atoms with E-state index >= 15 is 0 Å². The molecule has 1 amide bonds. The van der Waals surface area contributed by atoms with Gasteiger partial charge in [0, 0.05) is 52.7 Å². The first-order valence-electron chi connectivity index (χ1n) is 8.99. The maximum atomic E-state index is 12.8. The number of aromatic nitrogens is 6. The van der Waals surface area contributed by atoms with Crippen molar-refractivity contribution in [1.82, 2.24) is 33.6 Å². The molecule has 1 aliphatic heterocycles. The van der Waals surface area contributed by atoms with Crippen molar-refractivity contribution >= 4 is 34.5 Å². The van der Waals surface area contributed by atoms with Crippen LogP contribution >= 0.6 is 11.6 Å². The molecule has 3 aromatic rings. The maximum absolute atomic E-state index is 12.8. The Labute approximate surface area is 169 Å². The van der Waals surface area contributed by atoms with Crippen molar-refractivity contribution in [2.45, 2.75) is 6.54 Å². The summed E-state index contributed by atoms with van der Waals surface area (Å²) in [5.74, 6) is 0.591. The lowest BCUT2D eigenvalue weighted by Gasteiger charge is -2.35. The average molecular weight is 419 g/mol. The minimum atomic E-state index is -0.539. The molecule has 0 spiro atoms. The summed E-state index contributed by atoms with van der Waals surface area (Å²) in [7, 11) is 2.88. The Morgan fingerprint density at radius 2 is 1.83 bits per heavy atom. The van der Waals surface area contributed by atoms with Gasteiger partial charge in [-0.2, -0.15) is 4.98 Å². The molecular formula is C17H19ClN8O3. The highest BCUT2D eigenvalue weighted by atomic mass is 35.5. The van der Waals surface area contributed by atoms with Gasteiger partial charge in [0.25, 0.3) is 5.56 Å². The van der Waals surface area contributed by atoms with E-state index in [2.05, 4.69) is 19.9 Å². The first kappa shape index (κ1) is 19.1. The largest absolute Gasteiger partial charge is 0.352 e. The molecule has 4 heterocycles. The lowest BCUT2D eigenvalue weighted by molar-refractivity contribution is -0.132. The predicted octanol–water partition coefficient (Wildman–Crippen LogP) is -0.774. The molecule has 0 unspecified atom stereocenters. The van der Waals surface area contributed by atoms with Gasteiger partial charge in [0.15, 0.2) is 11.2 Å². The van der Waals surface area contributed by atoms with Gasteiger partial charge in [0.2, 0.25) is 11.2 Å². The van der Waals surface area contributed by atoms with Crippen LogP contribution in [0.25, 0.3) is 11.2 Å². The second kappa shape index (κ2) is 7.32. The Balaban J connectivity index is 1.55. The van der Waals surface area contributed by atoms with Crippen LogP contribution in [0.2, 0.25) is 5.28 Å². The fourth-order valence-electron chi connectivity index (χ4n) is 3.44. The van der Waals surface area contributed by atoms with Crippen LogP contribution in [0, 0.1) is 0 Å². The molecule has 0 aromatic carbocycles. The number of hydrogen-bond donors (Lipinski definition) is 0. The molecular weight excluding hydrogens is 400 g/mol. The number of amides is 1. The minimum Gasteiger partial charge on any atom is -0.352 e. The number of halogens is 1. The Morgan fingerprint density at radius 3 is 2.48 bits per heavy atom. The van der Waals surface area contributed by atoms with E-state index in [-0.39, 0.29) is 28.9 Å². The van der Waals surface area contributed by atoms with Crippen LogP contribution in [-0.2, 0) is 25.4 Å². The number of hydrogen-bond acceptors (Lipinski definition) is 7. The van der Waals surface area contributed by atoms with E-state index in [4.69, 9.17) is 11.6 Å². The molecule has 0 radical (unpaired) electrons. The Morgan fingerprint density at radius 1 is 1.10 bits per heavy atom. The molecule has 0 aliphatic carbocycles. The van der Waals surface area contributed by atoms with Gasteiger partial charge in [0.05, 0.1) is 6.20 Å². The van der Waals surface area contributed by atoms with E-state index in [1.807, 2.05) is 0 Å². The van der Waals surface area contributed by atoms with E-state index in [1.54, 1.807) is 23.5 Å². The summed E-state index contributed by atoms with van der Waals surface area (Å²) in [4.78, 5) is 53.7. The summed E-state index contributed by atoms with van der Waals surface area (Å²) < 4.78 is 3.57. The summed E-state index contributed by atoms with van der Waals surface area (Å²) in [6.45, 7) is 2.14. The number of piperazine rings is 1. The van der Waals surface area contributed by atoms with Crippen molar-refractivity contribution < 1.29 is 4.79 Å². The van der Waals surface area contributed by atoms with Crippen LogP contribution in [0.1, 0.15) is 0 Å². The standard InChI is InChI=1S/C17H19ClN8O3/c1-22-14-13(15(28)23(2)17(22)29)26(16(18)21-14)10-12(27)25-7-5-24(6-8-25)11-9-19-3-4-20-11/h3-4,9H,5-8,10H2,1-2H3. The van der Waals surface area contributed by atoms with Crippen molar-refractivity contribution in [3.63, 3.8) is 0 Å². The molecule has 0 bridgehead atoms. The van der Waals surface area contributed by atoms with Gasteiger partial charge in [-0.1, -0.05) is 0 Å². The van der Waals surface area contributed by atoms with Crippen LogP contribution in [0.3, 0.4) is 0 Å². The second-order valence-corrected chi connectivity index (χ2v) is 7.11. The molecule has 11 nitrogen and oxygen atoms in total. The van der Waals surface area contributed by atoms with Gasteiger partial charge in [-0.05, 0) is 11.6 Å². The molecule has 12 heteroatoms. The number of anilines is 1. The summed E-state index contributed by atoms with van der Waals surface area (Å²) in [5, 5.41) is -0.00940. The lowest BCUT2D eigenvalue weighted by Crippen LogP contribution is -2.50. The first-order chi connectivity index (χ1) is 13.9. The Hall–Kier alpha value is -3.21. The van der Waals surface area contributed by atoms with Gasteiger partial charge in [-0.25, -0.2) is 9.78 Å². The Kier molecular flexibility index (Phi) is 4.82. The monoisotopic (exact) mass is 418 g/mol. The highest BCUT2D eigenvalue weighted by Crippen LogP contribution is 2.17. The quantitative estimate of drug-likeness (QED) is 0.513. The number of fused-ring (bicyclic) bond motifs is 1. The van der Waals surface area contributed by atoms with Crippen molar-refractivity contribution in [3.05, 3.63) is 44.7 Å². The van der Waals surface area contributed by atoms with Crippen molar-refractivity contribution in [1.29, 1.82) is 0 Å². The van der Waals surface area contributed by atoms with Gasteiger partial charge in [-0.15, -0.1) is 0 Å². The van der Waals surface area contributed by atoms with Crippen LogP contribution in [0.15, 0.2) is 28.2 Å². The summed E-state index contributed by atoms with van der Waals surface area (Å²) in [6.07, 6.45) is 4.93. The number of carbonyl (C=O) groups excluding carboxylic acids is 1. The van der Waals surface area contributed by atoms with E-state index in [0.29, 0.717) is 26.2 Å². The normalized spacial score (nSPS) is 14.6. The van der Waals surface area contributed by atoms with Crippen LogP contribution in [0.5, 0.6) is 0 Å². The minimum absolute atomic E-state index is 0.00940.